The summed E-state index contributed by atoms with van der Waals surface area (Å²) < 4.78 is 13.8. The van der Waals surface area contributed by atoms with E-state index in [1.54, 1.807) is 10.7 Å². The molecule has 1 aliphatic heterocycles. The van der Waals surface area contributed by atoms with Crippen LogP contribution in [-0.4, -0.2) is 26.7 Å². The molecule has 1 saturated carbocycles. The number of fused-ring (bicyclic) bond motifs is 1. The highest BCUT2D eigenvalue weighted by molar-refractivity contribution is 6.03. The highest BCUT2D eigenvalue weighted by Crippen LogP contribution is 2.47. The van der Waals surface area contributed by atoms with Gasteiger partial charge in [0, 0.05) is 24.6 Å². The van der Waals surface area contributed by atoms with Gasteiger partial charge >= 0.3 is 0 Å². The number of hydrogen-bond donors (Lipinski definition) is 1. The van der Waals surface area contributed by atoms with Gasteiger partial charge in [-0.25, -0.2) is 4.68 Å². The minimum absolute atomic E-state index is 0.288. The molecule has 2 aromatic carbocycles. The molecule has 0 bridgehead atoms. The zero-order valence-corrected chi connectivity index (χ0v) is 16.4. The first-order chi connectivity index (χ1) is 14.0. The van der Waals surface area contributed by atoms with Crippen molar-refractivity contribution in [1.82, 2.24) is 15.0 Å². The Balaban J connectivity index is 1.36. The third-order valence-electron chi connectivity index (χ3n) is 5.51. The molecular weight excluding hydrogens is 368 g/mol. The van der Waals surface area contributed by atoms with E-state index in [1.807, 2.05) is 50.2 Å². The maximum absolute atomic E-state index is 12.8. The fraction of sp³-hybridized carbons (Fsp3) is 0.318. The minimum atomic E-state index is -0.516. The molecule has 0 saturated heterocycles. The molecule has 2 heterocycles. The molecule has 3 aromatic rings. The number of carbonyl (C=O) groups excluding carboxylic acids is 1. The van der Waals surface area contributed by atoms with Crippen LogP contribution in [0.25, 0.3) is 5.69 Å². The van der Waals surface area contributed by atoms with Crippen molar-refractivity contribution in [2.24, 2.45) is 0 Å². The topological polar surface area (TPSA) is 78.3 Å². The number of aromatic nitrogens is 3. The Morgan fingerprint density at radius 1 is 1.07 bits per heavy atom. The van der Waals surface area contributed by atoms with Gasteiger partial charge in [0.05, 0.1) is 11.4 Å². The monoisotopic (exact) mass is 390 g/mol. The Morgan fingerprint density at radius 2 is 1.86 bits per heavy atom. The van der Waals surface area contributed by atoms with Crippen LogP contribution in [0.4, 0.5) is 5.69 Å². The van der Waals surface area contributed by atoms with Gasteiger partial charge in [0.1, 0.15) is 0 Å². The molecule has 2 aliphatic rings. The summed E-state index contributed by atoms with van der Waals surface area (Å²) in [4.78, 5) is 12.8. The third kappa shape index (κ3) is 3.12. The van der Waals surface area contributed by atoms with Crippen molar-refractivity contribution in [3.05, 3.63) is 59.4 Å². The molecule has 1 aliphatic carbocycles. The van der Waals surface area contributed by atoms with Crippen LogP contribution in [0.1, 0.15) is 47.4 Å². The van der Waals surface area contributed by atoms with E-state index in [0.29, 0.717) is 17.1 Å². The van der Waals surface area contributed by atoms with Crippen molar-refractivity contribution in [2.45, 2.75) is 45.3 Å². The highest BCUT2D eigenvalue weighted by atomic mass is 16.7. The molecule has 5 rings (SSSR count). The Bertz CT molecular complexity index is 1100. The Hall–Kier alpha value is -3.35. The van der Waals surface area contributed by atoms with E-state index in [-0.39, 0.29) is 11.6 Å². The highest BCUT2D eigenvalue weighted by Gasteiger charge is 2.44. The number of anilines is 1. The van der Waals surface area contributed by atoms with Crippen LogP contribution < -0.4 is 14.8 Å². The number of nitrogens with one attached hydrogen (secondary N) is 1. The normalized spacial score (nSPS) is 16.3. The Kier molecular flexibility index (Phi) is 4.04. The quantitative estimate of drug-likeness (QED) is 0.726. The first kappa shape index (κ1) is 17.7. The smallest absolute Gasteiger partial charge is 0.278 e. The van der Waals surface area contributed by atoms with Crippen LogP contribution in [0.15, 0.2) is 42.5 Å². The van der Waals surface area contributed by atoms with E-state index in [2.05, 4.69) is 15.6 Å². The Morgan fingerprint density at radius 3 is 2.66 bits per heavy atom. The number of rotatable bonds is 3. The van der Waals surface area contributed by atoms with Gasteiger partial charge in [-0.15, -0.1) is 5.10 Å². The zero-order chi connectivity index (χ0) is 20.0. The van der Waals surface area contributed by atoms with Crippen molar-refractivity contribution in [2.75, 3.05) is 5.32 Å². The van der Waals surface area contributed by atoms with Gasteiger partial charge in [-0.05, 0) is 56.5 Å². The lowest BCUT2D eigenvalue weighted by Gasteiger charge is -2.21. The first-order valence-corrected chi connectivity index (χ1v) is 9.86. The molecule has 1 aromatic heterocycles. The molecular formula is C22H22N4O3. The molecule has 1 N–H and O–H groups in total. The molecule has 0 unspecified atom stereocenters. The molecule has 1 fully saturated rings. The lowest BCUT2D eigenvalue weighted by Crippen LogP contribution is -2.34. The average molecular weight is 390 g/mol. The summed E-state index contributed by atoms with van der Waals surface area (Å²) in [6, 6.07) is 13.4. The van der Waals surface area contributed by atoms with Crippen molar-refractivity contribution in [3.63, 3.8) is 0 Å². The first-order valence-electron chi connectivity index (χ1n) is 9.86. The molecule has 7 nitrogen and oxygen atoms in total. The van der Waals surface area contributed by atoms with E-state index in [4.69, 9.17) is 9.47 Å². The van der Waals surface area contributed by atoms with E-state index >= 15 is 0 Å². The second-order valence-electron chi connectivity index (χ2n) is 7.71. The van der Waals surface area contributed by atoms with Gasteiger partial charge in [-0.3, -0.25) is 4.79 Å². The van der Waals surface area contributed by atoms with Crippen molar-refractivity contribution >= 4 is 11.6 Å². The number of aryl methyl sites for hydroxylation is 1. The fourth-order valence-electron chi connectivity index (χ4n) is 4.02. The molecule has 29 heavy (non-hydrogen) atoms. The van der Waals surface area contributed by atoms with Crippen molar-refractivity contribution in [3.8, 4) is 17.2 Å². The van der Waals surface area contributed by atoms with Crippen LogP contribution in [0.3, 0.4) is 0 Å². The van der Waals surface area contributed by atoms with E-state index in [0.717, 1.165) is 42.7 Å². The minimum Gasteiger partial charge on any atom is -0.448 e. The summed E-state index contributed by atoms with van der Waals surface area (Å²) in [5.74, 6) is 0.574. The summed E-state index contributed by atoms with van der Waals surface area (Å²) in [7, 11) is 0. The summed E-state index contributed by atoms with van der Waals surface area (Å²) in [5.41, 5.74) is 3.59. The predicted octanol–water partition coefficient (Wildman–Crippen LogP) is 4.18. The molecule has 1 amide bonds. The van der Waals surface area contributed by atoms with Crippen LogP contribution in [0.2, 0.25) is 0 Å². The number of carbonyl (C=O) groups is 1. The van der Waals surface area contributed by atoms with Gasteiger partial charge in [-0.2, -0.15) is 0 Å². The van der Waals surface area contributed by atoms with Crippen LogP contribution in [0, 0.1) is 13.8 Å². The van der Waals surface area contributed by atoms with E-state index in [9.17, 15) is 4.79 Å². The molecule has 148 valence electrons. The van der Waals surface area contributed by atoms with Crippen molar-refractivity contribution in [1.29, 1.82) is 0 Å². The van der Waals surface area contributed by atoms with Gasteiger partial charge in [-0.1, -0.05) is 17.3 Å². The number of hydrogen-bond acceptors (Lipinski definition) is 5. The predicted molar refractivity (Wildman–Crippen MR) is 108 cm³/mol. The lowest BCUT2D eigenvalue weighted by molar-refractivity contribution is -0.0716. The lowest BCUT2D eigenvalue weighted by atomic mass is 10.2. The van der Waals surface area contributed by atoms with Gasteiger partial charge in [0.25, 0.3) is 11.7 Å². The number of benzene rings is 2. The van der Waals surface area contributed by atoms with Crippen molar-refractivity contribution < 1.29 is 14.3 Å². The van der Waals surface area contributed by atoms with Gasteiger partial charge in [0.15, 0.2) is 17.2 Å². The average Bonchev–Trinajstić information content (AvgIpc) is 3.40. The summed E-state index contributed by atoms with van der Waals surface area (Å²) in [6.07, 6.45) is 4.00. The maximum Gasteiger partial charge on any atom is 0.278 e. The summed E-state index contributed by atoms with van der Waals surface area (Å²) >= 11 is 0. The third-order valence-corrected chi connectivity index (χ3v) is 5.51. The second kappa shape index (κ2) is 6.62. The summed E-state index contributed by atoms with van der Waals surface area (Å²) in [6.45, 7) is 3.85. The van der Waals surface area contributed by atoms with Crippen LogP contribution >= 0.6 is 0 Å². The Labute approximate surface area is 168 Å². The largest absolute Gasteiger partial charge is 0.448 e. The van der Waals surface area contributed by atoms with Gasteiger partial charge in [0.2, 0.25) is 0 Å². The number of nitrogens with zero attached hydrogens (tertiary/aromatic N) is 3. The molecule has 0 radical (unpaired) electrons. The SMILES string of the molecule is Cc1cccc(-n2nnc(C(=O)Nc3ccc4c(c3)OC3(CCCC3)O4)c2C)c1. The van der Waals surface area contributed by atoms with Crippen LogP contribution in [-0.2, 0) is 0 Å². The van der Waals surface area contributed by atoms with E-state index < -0.39 is 5.79 Å². The number of amides is 1. The zero-order valence-electron chi connectivity index (χ0n) is 16.4. The second-order valence-corrected chi connectivity index (χ2v) is 7.71. The standard InChI is InChI=1S/C22H22N4O3/c1-14-6-5-7-17(12-14)26-15(2)20(24-25-26)21(27)23-16-8-9-18-19(13-16)29-22(28-18)10-3-4-11-22/h5-9,12-13H,3-4,10-11H2,1-2H3,(H,23,27). The molecule has 0 atom stereocenters. The summed E-state index contributed by atoms with van der Waals surface area (Å²) in [5, 5.41) is 11.1. The molecule has 1 spiro atoms. The van der Waals surface area contributed by atoms with E-state index in [1.165, 1.54) is 0 Å². The molecule has 7 heteroatoms. The fourth-order valence-corrected chi connectivity index (χ4v) is 4.02. The number of ether oxygens (including phenoxy) is 2. The van der Waals surface area contributed by atoms with Gasteiger partial charge < -0.3 is 14.8 Å². The van der Waals surface area contributed by atoms with Crippen LogP contribution in [0.5, 0.6) is 11.5 Å². The maximum atomic E-state index is 12.8.